The fraction of sp³-hybridized carbons (Fsp3) is 0.250. The van der Waals surface area contributed by atoms with Crippen molar-refractivity contribution in [3.8, 4) is 11.3 Å². The minimum Gasteiger partial charge on any atom is -0.476 e. The minimum absolute atomic E-state index is 0.00106. The van der Waals surface area contributed by atoms with E-state index in [9.17, 15) is 4.79 Å². The van der Waals surface area contributed by atoms with Crippen LogP contribution in [0.25, 0.3) is 11.3 Å². The highest BCUT2D eigenvalue weighted by molar-refractivity contribution is 5.92. The molecule has 0 aliphatic rings. The summed E-state index contributed by atoms with van der Waals surface area (Å²) in [6.45, 7) is 4.34. The van der Waals surface area contributed by atoms with Crippen LogP contribution in [0.2, 0.25) is 0 Å². The van der Waals surface area contributed by atoms with Crippen molar-refractivity contribution in [2.45, 2.75) is 20.4 Å². The molecule has 1 aromatic heterocycles. The zero-order chi connectivity index (χ0) is 12.4. The Morgan fingerprint density at radius 3 is 2.65 bits per heavy atom. The molecule has 2 aromatic rings. The molecule has 5 nitrogen and oxygen atoms in total. The van der Waals surface area contributed by atoms with Gasteiger partial charge in [0.25, 0.3) is 0 Å². The number of aromatic nitrogens is 3. The number of aromatic carboxylic acids is 1. The van der Waals surface area contributed by atoms with Crippen LogP contribution in [0.15, 0.2) is 24.3 Å². The van der Waals surface area contributed by atoms with Crippen molar-refractivity contribution in [3.63, 3.8) is 0 Å². The Morgan fingerprint density at radius 1 is 1.35 bits per heavy atom. The van der Waals surface area contributed by atoms with Crippen molar-refractivity contribution in [2.24, 2.45) is 0 Å². The lowest BCUT2D eigenvalue weighted by atomic mass is 10.0. The Hall–Kier alpha value is -2.17. The molecule has 0 saturated heterocycles. The second-order valence-electron chi connectivity index (χ2n) is 3.71. The average Bonchev–Trinajstić information content (AvgIpc) is 2.73. The Balaban J connectivity index is 2.62. The zero-order valence-corrected chi connectivity index (χ0v) is 9.71. The van der Waals surface area contributed by atoms with Gasteiger partial charge in [0.1, 0.15) is 5.69 Å². The Morgan fingerprint density at radius 2 is 2.06 bits per heavy atom. The van der Waals surface area contributed by atoms with Gasteiger partial charge in [-0.05, 0) is 19.4 Å². The SMILES string of the molecule is CCn1nc(C(=O)O)c(-c2ccccc2C)n1. The first-order valence-corrected chi connectivity index (χ1v) is 5.38. The van der Waals surface area contributed by atoms with Crippen LogP contribution in [0.4, 0.5) is 0 Å². The fourth-order valence-corrected chi connectivity index (χ4v) is 1.65. The van der Waals surface area contributed by atoms with Gasteiger partial charge in [0, 0.05) is 5.56 Å². The number of carboxylic acids is 1. The first-order chi connectivity index (χ1) is 8.13. The Labute approximate surface area is 98.7 Å². The molecule has 1 N–H and O–H groups in total. The highest BCUT2D eigenvalue weighted by Gasteiger charge is 2.19. The van der Waals surface area contributed by atoms with Crippen molar-refractivity contribution in [1.29, 1.82) is 0 Å². The Bertz CT molecular complexity index is 561. The average molecular weight is 231 g/mol. The molecule has 1 heterocycles. The highest BCUT2D eigenvalue weighted by atomic mass is 16.4. The number of aryl methyl sites for hydroxylation is 2. The summed E-state index contributed by atoms with van der Waals surface area (Å²) >= 11 is 0. The number of nitrogens with zero attached hydrogens (tertiary/aromatic N) is 3. The van der Waals surface area contributed by atoms with E-state index in [2.05, 4.69) is 10.2 Å². The molecule has 5 heteroatoms. The summed E-state index contributed by atoms with van der Waals surface area (Å²) < 4.78 is 0. The van der Waals surface area contributed by atoms with Gasteiger partial charge in [-0.2, -0.15) is 9.90 Å². The molecule has 0 spiro atoms. The summed E-state index contributed by atoms with van der Waals surface area (Å²) in [7, 11) is 0. The zero-order valence-electron chi connectivity index (χ0n) is 9.71. The van der Waals surface area contributed by atoms with Crippen molar-refractivity contribution < 1.29 is 9.90 Å². The van der Waals surface area contributed by atoms with E-state index < -0.39 is 5.97 Å². The molecular formula is C12H13N3O2. The smallest absolute Gasteiger partial charge is 0.358 e. The Kier molecular flexibility index (Phi) is 2.91. The summed E-state index contributed by atoms with van der Waals surface area (Å²) in [5.41, 5.74) is 2.22. The van der Waals surface area contributed by atoms with Crippen LogP contribution >= 0.6 is 0 Å². The second-order valence-corrected chi connectivity index (χ2v) is 3.71. The first kappa shape index (κ1) is 11.3. The van der Waals surface area contributed by atoms with E-state index in [0.717, 1.165) is 11.1 Å². The predicted octanol–water partition coefficient (Wildman–Crippen LogP) is 1.97. The van der Waals surface area contributed by atoms with E-state index in [1.165, 1.54) is 4.80 Å². The van der Waals surface area contributed by atoms with Crippen LogP contribution < -0.4 is 0 Å². The molecule has 0 amide bonds. The molecule has 2 rings (SSSR count). The van der Waals surface area contributed by atoms with Crippen molar-refractivity contribution in [3.05, 3.63) is 35.5 Å². The van der Waals surface area contributed by atoms with Crippen LogP contribution in [0.1, 0.15) is 23.0 Å². The molecule has 1 aromatic carbocycles. The summed E-state index contributed by atoms with van der Waals surface area (Å²) in [5, 5.41) is 17.3. The van der Waals surface area contributed by atoms with E-state index in [0.29, 0.717) is 12.2 Å². The number of carbonyl (C=O) groups is 1. The topological polar surface area (TPSA) is 68.0 Å². The molecule has 0 bridgehead atoms. The summed E-state index contributed by atoms with van der Waals surface area (Å²) in [5.74, 6) is -1.05. The van der Waals surface area contributed by atoms with Gasteiger partial charge >= 0.3 is 5.97 Å². The number of hydrogen-bond donors (Lipinski definition) is 1. The van der Waals surface area contributed by atoms with E-state index in [-0.39, 0.29) is 5.69 Å². The number of carboxylic acid groups (broad SMARTS) is 1. The third kappa shape index (κ3) is 2.04. The summed E-state index contributed by atoms with van der Waals surface area (Å²) in [6, 6.07) is 7.54. The molecule has 0 aliphatic carbocycles. The highest BCUT2D eigenvalue weighted by Crippen LogP contribution is 2.23. The van der Waals surface area contributed by atoms with E-state index >= 15 is 0 Å². The minimum atomic E-state index is -1.05. The largest absolute Gasteiger partial charge is 0.476 e. The number of benzene rings is 1. The van der Waals surface area contributed by atoms with Gasteiger partial charge in [-0.3, -0.25) is 0 Å². The van der Waals surface area contributed by atoms with Gasteiger partial charge in [-0.1, -0.05) is 24.3 Å². The molecular weight excluding hydrogens is 218 g/mol. The molecule has 0 atom stereocenters. The van der Waals surface area contributed by atoms with Gasteiger partial charge in [0.2, 0.25) is 0 Å². The molecule has 0 saturated carbocycles. The maximum atomic E-state index is 11.1. The van der Waals surface area contributed by atoms with Crippen LogP contribution in [0.5, 0.6) is 0 Å². The molecule has 0 radical (unpaired) electrons. The molecule has 0 aliphatic heterocycles. The van der Waals surface area contributed by atoms with Gasteiger partial charge in [0.05, 0.1) is 6.54 Å². The van der Waals surface area contributed by atoms with E-state index in [4.69, 9.17) is 5.11 Å². The standard InChI is InChI=1S/C12H13N3O2/c1-3-15-13-10(11(14-15)12(16)17)9-7-5-4-6-8(9)2/h4-7H,3H2,1-2H3,(H,16,17). The van der Waals surface area contributed by atoms with Gasteiger partial charge in [-0.25, -0.2) is 4.79 Å². The maximum absolute atomic E-state index is 11.1. The quantitative estimate of drug-likeness (QED) is 0.876. The van der Waals surface area contributed by atoms with E-state index in [1.807, 2.05) is 38.1 Å². The third-order valence-electron chi connectivity index (χ3n) is 2.54. The van der Waals surface area contributed by atoms with Crippen LogP contribution in [-0.2, 0) is 6.54 Å². The lowest BCUT2D eigenvalue weighted by molar-refractivity contribution is 0.0690. The first-order valence-electron chi connectivity index (χ1n) is 5.38. The molecule has 0 unspecified atom stereocenters. The van der Waals surface area contributed by atoms with Gasteiger partial charge < -0.3 is 5.11 Å². The van der Waals surface area contributed by atoms with Gasteiger partial charge in [-0.15, -0.1) is 5.10 Å². The summed E-state index contributed by atoms with van der Waals surface area (Å²) in [6.07, 6.45) is 0. The normalized spacial score (nSPS) is 10.5. The molecule has 0 fully saturated rings. The monoisotopic (exact) mass is 231 g/mol. The number of hydrogen-bond acceptors (Lipinski definition) is 3. The van der Waals surface area contributed by atoms with Crippen LogP contribution in [0.3, 0.4) is 0 Å². The molecule has 17 heavy (non-hydrogen) atoms. The lowest BCUT2D eigenvalue weighted by Gasteiger charge is -2.01. The predicted molar refractivity (Wildman–Crippen MR) is 62.8 cm³/mol. The van der Waals surface area contributed by atoms with E-state index in [1.54, 1.807) is 0 Å². The van der Waals surface area contributed by atoms with Crippen molar-refractivity contribution in [1.82, 2.24) is 15.0 Å². The maximum Gasteiger partial charge on any atom is 0.358 e. The van der Waals surface area contributed by atoms with Crippen molar-refractivity contribution >= 4 is 5.97 Å². The summed E-state index contributed by atoms with van der Waals surface area (Å²) in [4.78, 5) is 12.5. The fourth-order valence-electron chi connectivity index (χ4n) is 1.65. The third-order valence-corrected chi connectivity index (χ3v) is 2.54. The number of rotatable bonds is 3. The van der Waals surface area contributed by atoms with Crippen LogP contribution in [-0.4, -0.2) is 26.1 Å². The van der Waals surface area contributed by atoms with Crippen LogP contribution in [0, 0.1) is 6.92 Å². The second kappa shape index (κ2) is 4.37. The van der Waals surface area contributed by atoms with Crippen molar-refractivity contribution in [2.75, 3.05) is 0 Å². The van der Waals surface area contributed by atoms with Gasteiger partial charge in [0.15, 0.2) is 5.69 Å². The molecule has 88 valence electrons. The lowest BCUT2D eigenvalue weighted by Crippen LogP contribution is -2.02.